The van der Waals surface area contributed by atoms with Crippen molar-refractivity contribution >= 4 is 17.0 Å². The standard InChI is InChI=1S/C5H11NO3.BrH/c1-2-3-6-4(7)5(8)9;/h2,4-9H,1,3H2;1H. The van der Waals surface area contributed by atoms with Gasteiger partial charge in [-0.25, -0.2) is 0 Å². The second-order valence-electron chi connectivity index (χ2n) is 1.56. The van der Waals surface area contributed by atoms with E-state index in [0.29, 0.717) is 6.54 Å². The van der Waals surface area contributed by atoms with E-state index < -0.39 is 12.5 Å². The second kappa shape index (κ2) is 7.17. The maximum Gasteiger partial charge on any atom is 0.192 e. The van der Waals surface area contributed by atoms with Crippen molar-refractivity contribution in [3.05, 3.63) is 12.7 Å². The third-order valence-electron chi connectivity index (χ3n) is 0.754. The van der Waals surface area contributed by atoms with Gasteiger partial charge in [-0.15, -0.1) is 23.6 Å². The molecule has 0 heterocycles. The summed E-state index contributed by atoms with van der Waals surface area (Å²) < 4.78 is 0. The maximum atomic E-state index is 8.60. The fourth-order valence-electron chi connectivity index (χ4n) is 0.309. The van der Waals surface area contributed by atoms with Gasteiger partial charge in [-0.3, -0.25) is 5.32 Å². The first-order valence-corrected chi connectivity index (χ1v) is 2.57. The molecule has 0 aromatic rings. The second-order valence-corrected chi connectivity index (χ2v) is 1.56. The highest BCUT2D eigenvalue weighted by Crippen LogP contribution is 1.81. The number of nitrogens with one attached hydrogen (secondary N) is 1. The first-order chi connectivity index (χ1) is 4.18. The van der Waals surface area contributed by atoms with Gasteiger partial charge in [-0.05, 0) is 0 Å². The summed E-state index contributed by atoms with van der Waals surface area (Å²) in [4.78, 5) is 0. The van der Waals surface area contributed by atoms with E-state index in [1.54, 1.807) is 0 Å². The van der Waals surface area contributed by atoms with Crippen LogP contribution in [0.1, 0.15) is 0 Å². The van der Waals surface area contributed by atoms with E-state index in [9.17, 15) is 0 Å². The zero-order chi connectivity index (χ0) is 7.28. The molecule has 62 valence electrons. The summed E-state index contributed by atoms with van der Waals surface area (Å²) >= 11 is 0. The molecule has 1 atom stereocenters. The Morgan fingerprint density at radius 3 is 2.20 bits per heavy atom. The van der Waals surface area contributed by atoms with Crippen molar-refractivity contribution in [2.45, 2.75) is 12.5 Å². The van der Waals surface area contributed by atoms with Crippen molar-refractivity contribution < 1.29 is 15.3 Å². The Hall–Kier alpha value is 0.0600. The highest BCUT2D eigenvalue weighted by Gasteiger charge is 2.08. The molecule has 4 nitrogen and oxygen atoms in total. The number of hydrogen-bond acceptors (Lipinski definition) is 4. The molecule has 5 heteroatoms. The summed E-state index contributed by atoms with van der Waals surface area (Å²) in [5, 5.41) is 27.5. The average Bonchev–Trinajstić information content (AvgIpc) is 1.82. The number of halogens is 1. The fourth-order valence-corrected chi connectivity index (χ4v) is 0.309. The Bertz CT molecular complexity index is 89.0. The summed E-state index contributed by atoms with van der Waals surface area (Å²) in [5.41, 5.74) is 0. The van der Waals surface area contributed by atoms with E-state index in [2.05, 4.69) is 11.9 Å². The maximum absolute atomic E-state index is 8.60. The Morgan fingerprint density at radius 1 is 1.40 bits per heavy atom. The summed E-state index contributed by atoms with van der Waals surface area (Å²) in [6.07, 6.45) is -1.51. The topological polar surface area (TPSA) is 72.7 Å². The quantitative estimate of drug-likeness (QED) is 0.356. The number of aliphatic hydroxyl groups is 3. The lowest BCUT2D eigenvalue weighted by atomic mass is 10.5. The van der Waals surface area contributed by atoms with Crippen LogP contribution in [0.15, 0.2) is 12.7 Å². The largest absolute Gasteiger partial charge is 0.373 e. The number of hydrogen-bond donors (Lipinski definition) is 4. The molecule has 0 aromatic carbocycles. The van der Waals surface area contributed by atoms with Crippen LogP contribution in [0, 0.1) is 0 Å². The Balaban J connectivity index is 0. The third kappa shape index (κ3) is 6.18. The highest BCUT2D eigenvalue weighted by molar-refractivity contribution is 8.93. The fraction of sp³-hybridized carbons (Fsp3) is 0.600. The Labute approximate surface area is 70.0 Å². The van der Waals surface area contributed by atoms with Gasteiger partial charge < -0.3 is 15.3 Å². The lowest BCUT2D eigenvalue weighted by molar-refractivity contribution is -0.131. The molecule has 0 spiro atoms. The monoisotopic (exact) mass is 213 g/mol. The van der Waals surface area contributed by atoms with Crippen molar-refractivity contribution in [2.75, 3.05) is 6.54 Å². The molecule has 0 aliphatic rings. The summed E-state index contributed by atoms with van der Waals surface area (Å²) in [5.74, 6) is 0. The van der Waals surface area contributed by atoms with Crippen molar-refractivity contribution in [2.24, 2.45) is 0 Å². The zero-order valence-corrected chi connectivity index (χ0v) is 7.11. The van der Waals surface area contributed by atoms with Crippen LogP contribution in [0.4, 0.5) is 0 Å². The lowest BCUT2D eigenvalue weighted by Crippen LogP contribution is -2.39. The van der Waals surface area contributed by atoms with Gasteiger partial charge >= 0.3 is 0 Å². The van der Waals surface area contributed by atoms with Crippen LogP contribution >= 0.6 is 17.0 Å². The minimum Gasteiger partial charge on any atom is -0.373 e. The molecule has 0 radical (unpaired) electrons. The minimum absolute atomic E-state index is 0. The predicted molar refractivity (Wildman–Crippen MR) is 42.8 cm³/mol. The van der Waals surface area contributed by atoms with Crippen molar-refractivity contribution in [3.8, 4) is 0 Å². The predicted octanol–water partition coefficient (Wildman–Crippen LogP) is -1.03. The van der Waals surface area contributed by atoms with E-state index in [1.165, 1.54) is 6.08 Å². The van der Waals surface area contributed by atoms with Gasteiger partial charge in [-0.2, -0.15) is 0 Å². The van der Waals surface area contributed by atoms with E-state index in [1.807, 2.05) is 0 Å². The number of rotatable bonds is 4. The van der Waals surface area contributed by atoms with Crippen molar-refractivity contribution in [3.63, 3.8) is 0 Å². The molecule has 0 saturated carbocycles. The molecule has 0 saturated heterocycles. The van der Waals surface area contributed by atoms with Crippen LogP contribution in [0.3, 0.4) is 0 Å². The van der Waals surface area contributed by atoms with Gasteiger partial charge in [0.25, 0.3) is 0 Å². The van der Waals surface area contributed by atoms with Crippen LogP contribution in [0.25, 0.3) is 0 Å². The van der Waals surface area contributed by atoms with Gasteiger partial charge in [0.1, 0.15) is 0 Å². The summed E-state index contributed by atoms with van der Waals surface area (Å²) in [7, 11) is 0. The molecule has 0 bridgehead atoms. The van der Waals surface area contributed by atoms with Crippen LogP contribution in [0.5, 0.6) is 0 Å². The normalized spacial score (nSPS) is 12.4. The summed E-state index contributed by atoms with van der Waals surface area (Å²) in [6.45, 7) is 3.70. The van der Waals surface area contributed by atoms with Crippen molar-refractivity contribution in [1.29, 1.82) is 0 Å². The SMILES string of the molecule is Br.C=CCNC(O)C(O)O. The molecule has 0 rings (SSSR count). The van der Waals surface area contributed by atoms with E-state index in [4.69, 9.17) is 15.3 Å². The van der Waals surface area contributed by atoms with Crippen LogP contribution < -0.4 is 5.32 Å². The van der Waals surface area contributed by atoms with E-state index >= 15 is 0 Å². The van der Waals surface area contributed by atoms with Crippen LogP contribution in [-0.4, -0.2) is 34.4 Å². The average molecular weight is 214 g/mol. The smallest absolute Gasteiger partial charge is 0.192 e. The molecule has 1 unspecified atom stereocenters. The molecule has 10 heavy (non-hydrogen) atoms. The molecule has 0 amide bonds. The first-order valence-electron chi connectivity index (χ1n) is 2.57. The van der Waals surface area contributed by atoms with Crippen LogP contribution in [-0.2, 0) is 0 Å². The van der Waals surface area contributed by atoms with Gasteiger partial charge in [0.05, 0.1) is 0 Å². The molecule has 0 aromatic heterocycles. The van der Waals surface area contributed by atoms with Gasteiger partial charge in [-0.1, -0.05) is 6.08 Å². The van der Waals surface area contributed by atoms with Crippen LogP contribution in [0.2, 0.25) is 0 Å². The molecular formula is C5H12BrNO3. The Kier molecular flexibility index (Phi) is 9.11. The number of aliphatic hydroxyl groups excluding tert-OH is 2. The zero-order valence-electron chi connectivity index (χ0n) is 5.40. The highest BCUT2D eigenvalue weighted by atomic mass is 79.9. The molecule has 0 fully saturated rings. The first kappa shape index (κ1) is 12.7. The van der Waals surface area contributed by atoms with Gasteiger partial charge in [0, 0.05) is 6.54 Å². The van der Waals surface area contributed by atoms with E-state index in [0.717, 1.165) is 0 Å². The Morgan fingerprint density at radius 2 is 1.90 bits per heavy atom. The minimum atomic E-state index is -1.73. The van der Waals surface area contributed by atoms with E-state index in [-0.39, 0.29) is 17.0 Å². The lowest BCUT2D eigenvalue weighted by Gasteiger charge is -2.11. The van der Waals surface area contributed by atoms with Crippen molar-refractivity contribution in [1.82, 2.24) is 5.32 Å². The molecule has 0 aliphatic carbocycles. The molecule has 0 aliphatic heterocycles. The summed E-state index contributed by atoms with van der Waals surface area (Å²) in [6, 6.07) is 0. The van der Waals surface area contributed by atoms with Gasteiger partial charge in [0.2, 0.25) is 0 Å². The van der Waals surface area contributed by atoms with Gasteiger partial charge in [0.15, 0.2) is 12.5 Å². The molecule has 4 N–H and O–H groups in total. The third-order valence-corrected chi connectivity index (χ3v) is 0.754. The molecular weight excluding hydrogens is 202 g/mol.